The first-order valence-electron chi connectivity index (χ1n) is 7.26. The number of nitrogens with zero attached hydrogens (tertiary/aromatic N) is 2. The summed E-state index contributed by atoms with van der Waals surface area (Å²) in [7, 11) is 0. The second kappa shape index (κ2) is 8.34. The van der Waals surface area contributed by atoms with Gasteiger partial charge in [0, 0.05) is 19.2 Å². The Morgan fingerprint density at radius 2 is 2.29 bits per heavy atom. The minimum absolute atomic E-state index is 0.0393. The lowest BCUT2D eigenvalue weighted by Crippen LogP contribution is -2.45. The zero-order valence-electron chi connectivity index (χ0n) is 13.0. The van der Waals surface area contributed by atoms with Crippen molar-refractivity contribution < 1.29 is 27.9 Å². The molecule has 1 unspecified atom stereocenters. The third kappa shape index (κ3) is 5.27. The summed E-state index contributed by atoms with van der Waals surface area (Å²) in [5.41, 5.74) is -0.189. The molecule has 0 saturated carbocycles. The molecule has 1 aliphatic rings. The Morgan fingerprint density at radius 3 is 3.00 bits per heavy atom. The summed E-state index contributed by atoms with van der Waals surface area (Å²) in [6, 6.07) is 2.74. The molecule has 0 bridgehead atoms. The van der Waals surface area contributed by atoms with Crippen LogP contribution in [0.15, 0.2) is 23.4 Å². The lowest BCUT2D eigenvalue weighted by atomic mass is 10.3. The smallest absolute Gasteiger partial charge is 0.270 e. The van der Waals surface area contributed by atoms with E-state index in [1.165, 1.54) is 0 Å². The van der Waals surface area contributed by atoms with Crippen LogP contribution in [0.4, 0.5) is 14.5 Å². The van der Waals surface area contributed by atoms with Gasteiger partial charge in [0.05, 0.1) is 18.4 Å². The number of carbonyl (C=O) groups excluding carboxylic acids is 2. The van der Waals surface area contributed by atoms with E-state index in [-0.39, 0.29) is 24.3 Å². The molecule has 0 aliphatic carbocycles. The van der Waals surface area contributed by atoms with E-state index in [0.717, 1.165) is 18.3 Å². The fourth-order valence-electron chi connectivity index (χ4n) is 2.07. The highest BCUT2D eigenvalue weighted by Gasteiger charge is 2.21. The molecule has 2 amide bonds. The predicted molar refractivity (Wildman–Crippen MR) is 81.4 cm³/mol. The van der Waals surface area contributed by atoms with Gasteiger partial charge < -0.3 is 19.8 Å². The molecule has 1 atom stereocenters. The molecule has 0 aromatic heterocycles. The topological polar surface area (TPSA) is 80.2 Å². The van der Waals surface area contributed by atoms with Crippen molar-refractivity contribution in [1.29, 1.82) is 0 Å². The van der Waals surface area contributed by atoms with Gasteiger partial charge in [-0.05, 0) is 19.1 Å². The van der Waals surface area contributed by atoms with E-state index in [0.29, 0.717) is 25.8 Å². The Labute approximate surface area is 137 Å². The van der Waals surface area contributed by atoms with E-state index in [1.807, 2.05) is 6.92 Å². The first kappa shape index (κ1) is 17.8. The molecule has 1 N–H and O–H groups in total. The number of benzene rings is 1. The second-order valence-electron chi connectivity index (χ2n) is 5.14. The molecular formula is C15H17F2N3O4. The Bertz CT molecular complexity index is 639. The van der Waals surface area contributed by atoms with Crippen LogP contribution < -0.4 is 5.32 Å². The van der Waals surface area contributed by atoms with Crippen molar-refractivity contribution in [1.82, 2.24) is 4.90 Å². The van der Waals surface area contributed by atoms with Crippen molar-refractivity contribution in [2.75, 3.05) is 31.6 Å². The number of hydrogen-bond donors (Lipinski definition) is 1. The van der Waals surface area contributed by atoms with E-state index < -0.39 is 17.5 Å². The molecule has 130 valence electrons. The van der Waals surface area contributed by atoms with E-state index >= 15 is 0 Å². The van der Waals surface area contributed by atoms with Gasteiger partial charge in [0.25, 0.3) is 11.8 Å². The SMILES string of the molecule is CC1CN(C(=O)CO/N=C/C(=O)Nc2ccc(F)cc2F)CCO1. The van der Waals surface area contributed by atoms with Gasteiger partial charge in [-0.15, -0.1) is 0 Å². The van der Waals surface area contributed by atoms with Crippen LogP contribution in [0.25, 0.3) is 0 Å². The number of oxime groups is 1. The molecule has 1 aromatic rings. The van der Waals surface area contributed by atoms with Gasteiger partial charge in [0.15, 0.2) is 6.61 Å². The maximum absolute atomic E-state index is 13.4. The highest BCUT2D eigenvalue weighted by atomic mass is 19.1. The van der Waals surface area contributed by atoms with Crippen molar-refractivity contribution in [2.24, 2.45) is 5.16 Å². The van der Waals surface area contributed by atoms with Crippen molar-refractivity contribution >= 4 is 23.7 Å². The van der Waals surface area contributed by atoms with Crippen molar-refractivity contribution in [3.8, 4) is 0 Å². The minimum atomic E-state index is -0.908. The maximum atomic E-state index is 13.4. The molecule has 7 nitrogen and oxygen atoms in total. The van der Waals surface area contributed by atoms with Crippen molar-refractivity contribution in [3.63, 3.8) is 0 Å². The molecule has 1 heterocycles. The number of amides is 2. The number of carbonyl (C=O) groups is 2. The summed E-state index contributed by atoms with van der Waals surface area (Å²) in [5.74, 6) is -2.70. The number of nitrogens with one attached hydrogen (secondary N) is 1. The molecule has 0 spiro atoms. The average molecular weight is 341 g/mol. The number of hydrogen-bond acceptors (Lipinski definition) is 5. The quantitative estimate of drug-likeness (QED) is 0.644. The van der Waals surface area contributed by atoms with E-state index in [4.69, 9.17) is 9.57 Å². The van der Waals surface area contributed by atoms with E-state index in [1.54, 1.807) is 4.90 Å². The largest absolute Gasteiger partial charge is 0.386 e. The lowest BCUT2D eigenvalue weighted by Gasteiger charge is -2.30. The summed E-state index contributed by atoms with van der Waals surface area (Å²) in [6.07, 6.45) is 0.723. The monoisotopic (exact) mass is 341 g/mol. The fraction of sp³-hybridized carbons (Fsp3) is 0.400. The third-order valence-corrected chi connectivity index (χ3v) is 3.22. The normalized spacial score (nSPS) is 17.8. The summed E-state index contributed by atoms with van der Waals surface area (Å²) < 4.78 is 31.4. The summed E-state index contributed by atoms with van der Waals surface area (Å²) in [4.78, 5) is 29.7. The van der Waals surface area contributed by atoms with Crippen LogP contribution in [0.1, 0.15) is 6.92 Å². The molecular weight excluding hydrogens is 324 g/mol. The number of morpholine rings is 1. The number of rotatable bonds is 5. The highest BCUT2D eigenvalue weighted by Crippen LogP contribution is 2.14. The number of anilines is 1. The second-order valence-corrected chi connectivity index (χ2v) is 5.14. The molecule has 0 radical (unpaired) electrons. The minimum Gasteiger partial charge on any atom is -0.386 e. The van der Waals surface area contributed by atoms with Gasteiger partial charge in [-0.3, -0.25) is 9.59 Å². The van der Waals surface area contributed by atoms with Crippen LogP contribution in [-0.2, 0) is 19.2 Å². The van der Waals surface area contributed by atoms with Crippen LogP contribution >= 0.6 is 0 Å². The van der Waals surface area contributed by atoms with Gasteiger partial charge in [-0.1, -0.05) is 5.16 Å². The Hall–Kier alpha value is -2.55. The predicted octanol–water partition coefficient (Wildman–Crippen LogP) is 1.15. The van der Waals surface area contributed by atoms with Crippen LogP contribution in [0, 0.1) is 11.6 Å². The van der Waals surface area contributed by atoms with Gasteiger partial charge in [0.1, 0.15) is 17.8 Å². The van der Waals surface area contributed by atoms with Gasteiger partial charge in [-0.2, -0.15) is 0 Å². The van der Waals surface area contributed by atoms with Crippen LogP contribution in [0.5, 0.6) is 0 Å². The number of ether oxygens (including phenoxy) is 1. The third-order valence-electron chi connectivity index (χ3n) is 3.22. The van der Waals surface area contributed by atoms with Crippen LogP contribution in [0.2, 0.25) is 0 Å². The lowest BCUT2D eigenvalue weighted by molar-refractivity contribution is -0.143. The molecule has 1 fully saturated rings. The van der Waals surface area contributed by atoms with Gasteiger partial charge in [0.2, 0.25) is 0 Å². The number of halogens is 2. The summed E-state index contributed by atoms with van der Waals surface area (Å²) >= 11 is 0. The first-order chi connectivity index (χ1) is 11.5. The zero-order chi connectivity index (χ0) is 17.5. The standard InChI is InChI=1S/C15H17F2N3O4/c1-10-8-20(4-5-23-10)15(22)9-24-18-7-14(21)19-13-3-2-11(16)6-12(13)17/h2-3,6-7,10H,4-5,8-9H2,1H3,(H,19,21)/b18-7+. The summed E-state index contributed by atoms with van der Waals surface area (Å²) in [5, 5.41) is 5.53. The molecule has 1 aromatic carbocycles. The molecule has 9 heteroatoms. The zero-order valence-corrected chi connectivity index (χ0v) is 13.0. The Morgan fingerprint density at radius 1 is 1.50 bits per heavy atom. The van der Waals surface area contributed by atoms with Crippen LogP contribution in [0.3, 0.4) is 0 Å². The Balaban J connectivity index is 1.75. The van der Waals surface area contributed by atoms with Gasteiger partial charge >= 0.3 is 0 Å². The first-order valence-corrected chi connectivity index (χ1v) is 7.26. The highest BCUT2D eigenvalue weighted by molar-refractivity contribution is 6.31. The molecule has 1 saturated heterocycles. The Kier molecular flexibility index (Phi) is 6.19. The van der Waals surface area contributed by atoms with Crippen molar-refractivity contribution in [2.45, 2.75) is 13.0 Å². The summed E-state index contributed by atoms with van der Waals surface area (Å²) in [6.45, 7) is 2.94. The average Bonchev–Trinajstić information content (AvgIpc) is 2.54. The maximum Gasteiger partial charge on any atom is 0.270 e. The van der Waals surface area contributed by atoms with Crippen LogP contribution in [-0.4, -0.2) is 55.3 Å². The van der Waals surface area contributed by atoms with Crippen molar-refractivity contribution in [3.05, 3.63) is 29.8 Å². The molecule has 2 rings (SSSR count). The van der Waals surface area contributed by atoms with E-state index in [9.17, 15) is 18.4 Å². The molecule has 1 aliphatic heterocycles. The molecule has 24 heavy (non-hydrogen) atoms. The fourth-order valence-corrected chi connectivity index (χ4v) is 2.07. The van der Waals surface area contributed by atoms with E-state index in [2.05, 4.69) is 10.5 Å². The van der Waals surface area contributed by atoms with Gasteiger partial charge in [-0.25, -0.2) is 8.78 Å².